The van der Waals surface area contributed by atoms with Crippen LogP contribution in [0.5, 0.6) is 0 Å². The van der Waals surface area contributed by atoms with E-state index >= 15 is 0 Å². The quantitative estimate of drug-likeness (QED) is 0.417. The smallest absolute Gasteiger partial charge is 0.147 e. The lowest BCUT2D eigenvalue weighted by Crippen LogP contribution is -1.88. The largest absolute Gasteiger partial charge is 0.350 e. The van der Waals surface area contributed by atoms with Crippen molar-refractivity contribution in [2.45, 2.75) is 13.8 Å². The first-order chi connectivity index (χ1) is 11.4. The van der Waals surface area contributed by atoms with Gasteiger partial charge in [0, 0.05) is 37.3 Å². The average molecular weight is 326 g/mol. The minimum atomic E-state index is -0.141. The van der Waals surface area contributed by atoms with Gasteiger partial charge < -0.3 is 9.13 Å². The fourth-order valence-corrected chi connectivity index (χ4v) is 2.95. The number of hydrogen-bond donors (Lipinski definition) is 0. The topological polar surface area (TPSA) is 9.86 Å². The van der Waals surface area contributed by atoms with Crippen LogP contribution in [0.1, 0.15) is 11.1 Å². The Labute approximate surface area is 139 Å². The zero-order valence-corrected chi connectivity index (χ0v) is 14.3. The maximum absolute atomic E-state index is 13.4. The standard InChI is InChI=1S/2C10H10FN/c1-7-5-8-3-4-12(2)10(8)9(11)6-7;1-7-3-4-9-8(10(7)11)5-6-12(9)2/h2*3-6H,1-2H3. The lowest BCUT2D eigenvalue weighted by atomic mass is 10.1. The molecule has 0 fully saturated rings. The minimum absolute atomic E-state index is 0.104. The number of hydrogen-bond acceptors (Lipinski definition) is 0. The number of halogens is 2. The monoisotopic (exact) mass is 326 g/mol. The van der Waals surface area contributed by atoms with Crippen LogP contribution in [0.25, 0.3) is 21.8 Å². The highest BCUT2D eigenvalue weighted by atomic mass is 19.1. The van der Waals surface area contributed by atoms with Gasteiger partial charge in [-0.1, -0.05) is 6.07 Å². The van der Waals surface area contributed by atoms with Gasteiger partial charge in [0.05, 0.1) is 11.0 Å². The van der Waals surface area contributed by atoms with Gasteiger partial charge in [-0.3, -0.25) is 0 Å². The predicted molar refractivity (Wildman–Crippen MR) is 95.2 cm³/mol. The Hall–Kier alpha value is -2.62. The highest BCUT2D eigenvalue weighted by Crippen LogP contribution is 2.21. The van der Waals surface area contributed by atoms with E-state index < -0.39 is 0 Å². The molecular weight excluding hydrogens is 306 g/mol. The van der Waals surface area contributed by atoms with Crippen molar-refractivity contribution in [3.05, 3.63) is 71.6 Å². The van der Waals surface area contributed by atoms with E-state index in [1.54, 1.807) is 29.7 Å². The van der Waals surface area contributed by atoms with Crippen LogP contribution in [-0.2, 0) is 14.1 Å². The van der Waals surface area contributed by atoms with Crippen LogP contribution in [0.15, 0.2) is 48.8 Å². The molecule has 0 radical (unpaired) electrons. The zero-order valence-electron chi connectivity index (χ0n) is 14.3. The zero-order chi connectivity index (χ0) is 17.4. The molecule has 0 N–H and O–H groups in total. The molecule has 124 valence electrons. The second-order valence-electron chi connectivity index (χ2n) is 6.17. The molecule has 4 heteroatoms. The molecule has 0 aliphatic rings. The molecule has 4 aromatic rings. The summed E-state index contributed by atoms with van der Waals surface area (Å²) in [6, 6.07) is 11.0. The molecule has 2 aromatic carbocycles. The maximum Gasteiger partial charge on any atom is 0.147 e. The van der Waals surface area contributed by atoms with Crippen molar-refractivity contribution >= 4 is 21.8 Å². The SMILES string of the molecule is Cc1cc(F)c2c(ccn2C)c1.Cc1ccc2c(ccn2C)c1F. The van der Waals surface area contributed by atoms with Crippen molar-refractivity contribution in [2.75, 3.05) is 0 Å². The van der Waals surface area contributed by atoms with Gasteiger partial charge in [-0.15, -0.1) is 0 Å². The normalized spacial score (nSPS) is 10.9. The van der Waals surface area contributed by atoms with E-state index in [1.165, 1.54) is 0 Å². The van der Waals surface area contributed by atoms with Gasteiger partial charge in [0.1, 0.15) is 11.6 Å². The van der Waals surface area contributed by atoms with Crippen molar-refractivity contribution in [3.63, 3.8) is 0 Å². The summed E-state index contributed by atoms with van der Waals surface area (Å²) in [6.07, 6.45) is 3.74. The number of aryl methyl sites for hydroxylation is 4. The highest BCUT2D eigenvalue weighted by Gasteiger charge is 2.05. The number of fused-ring (bicyclic) bond motifs is 2. The van der Waals surface area contributed by atoms with E-state index in [2.05, 4.69) is 0 Å². The third-order valence-electron chi connectivity index (χ3n) is 4.26. The summed E-state index contributed by atoms with van der Waals surface area (Å²) in [6.45, 7) is 3.68. The Morgan fingerprint density at radius 3 is 2.29 bits per heavy atom. The molecular formula is C20H20F2N2. The molecule has 2 nitrogen and oxygen atoms in total. The molecule has 0 aliphatic heterocycles. The van der Waals surface area contributed by atoms with E-state index in [9.17, 15) is 8.78 Å². The molecule has 2 heterocycles. The van der Waals surface area contributed by atoms with Gasteiger partial charge in [0.25, 0.3) is 0 Å². The molecule has 2 aromatic heterocycles. The maximum atomic E-state index is 13.4. The first-order valence-corrected chi connectivity index (χ1v) is 7.80. The number of nitrogens with zero attached hydrogens (tertiary/aromatic N) is 2. The molecule has 0 spiro atoms. The fraction of sp³-hybridized carbons (Fsp3) is 0.200. The van der Waals surface area contributed by atoms with Crippen molar-refractivity contribution in [1.29, 1.82) is 0 Å². The fourth-order valence-electron chi connectivity index (χ4n) is 2.95. The van der Waals surface area contributed by atoms with Gasteiger partial charge in [0.2, 0.25) is 0 Å². The number of rotatable bonds is 0. The minimum Gasteiger partial charge on any atom is -0.350 e. The number of benzene rings is 2. The Morgan fingerprint density at radius 2 is 1.54 bits per heavy atom. The van der Waals surface area contributed by atoms with Gasteiger partial charge in [-0.2, -0.15) is 0 Å². The van der Waals surface area contributed by atoms with Crippen molar-refractivity contribution in [1.82, 2.24) is 9.13 Å². The van der Waals surface area contributed by atoms with Gasteiger partial charge in [-0.25, -0.2) is 8.78 Å². The Kier molecular flexibility index (Phi) is 4.14. The lowest BCUT2D eigenvalue weighted by Gasteiger charge is -1.99. The molecule has 0 saturated carbocycles. The van der Waals surface area contributed by atoms with Crippen molar-refractivity contribution in [2.24, 2.45) is 14.1 Å². The van der Waals surface area contributed by atoms with Crippen molar-refractivity contribution in [3.8, 4) is 0 Å². The van der Waals surface area contributed by atoms with Crippen LogP contribution in [0.3, 0.4) is 0 Å². The Balaban J connectivity index is 0.000000141. The van der Waals surface area contributed by atoms with E-state index in [0.29, 0.717) is 16.5 Å². The van der Waals surface area contributed by atoms with Gasteiger partial charge in [-0.05, 0) is 55.3 Å². The highest BCUT2D eigenvalue weighted by molar-refractivity contribution is 5.82. The molecule has 24 heavy (non-hydrogen) atoms. The Morgan fingerprint density at radius 1 is 0.833 bits per heavy atom. The summed E-state index contributed by atoms with van der Waals surface area (Å²) in [5.74, 6) is -0.245. The summed E-state index contributed by atoms with van der Waals surface area (Å²) in [5.41, 5.74) is 3.29. The third kappa shape index (κ3) is 2.80. The van der Waals surface area contributed by atoms with E-state index in [4.69, 9.17) is 0 Å². The first-order valence-electron chi connectivity index (χ1n) is 7.80. The van der Waals surface area contributed by atoms with Crippen LogP contribution >= 0.6 is 0 Å². The van der Waals surface area contributed by atoms with Crippen LogP contribution < -0.4 is 0 Å². The summed E-state index contributed by atoms with van der Waals surface area (Å²) in [4.78, 5) is 0. The van der Waals surface area contributed by atoms with E-state index in [-0.39, 0.29) is 11.6 Å². The molecule has 4 rings (SSSR count). The lowest BCUT2D eigenvalue weighted by molar-refractivity contribution is 0.630. The summed E-state index contributed by atoms with van der Waals surface area (Å²) < 4.78 is 30.4. The molecule has 0 aliphatic carbocycles. The van der Waals surface area contributed by atoms with Crippen LogP contribution in [0.4, 0.5) is 8.78 Å². The van der Waals surface area contributed by atoms with Gasteiger partial charge in [0.15, 0.2) is 0 Å². The van der Waals surface area contributed by atoms with E-state index in [0.717, 1.165) is 16.5 Å². The van der Waals surface area contributed by atoms with E-state index in [1.807, 2.05) is 56.2 Å². The average Bonchev–Trinajstić information content (AvgIpc) is 3.08. The van der Waals surface area contributed by atoms with Gasteiger partial charge >= 0.3 is 0 Å². The first kappa shape index (κ1) is 16.2. The summed E-state index contributed by atoms with van der Waals surface area (Å²) in [7, 11) is 3.76. The second-order valence-corrected chi connectivity index (χ2v) is 6.17. The molecule has 0 bridgehead atoms. The molecule has 0 saturated heterocycles. The van der Waals surface area contributed by atoms with Crippen LogP contribution in [0, 0.1) is 25.5 Å². The second kappa shape index (κ2) is 6.11. The summed E-state index contributed by atoms with van der Waals surface area (Å²) in [5, 5.41) is 1.67. The van der Waals surface area contributed by atoms with Crippen LogP contribution in [0.2, 0.25) is 0 Å². The van der Waals surface area contributed by atoms with Crippen molar-refractivity contribution < 1.29 is 8.78 Å². The number of aromatic nitrogens is 2. The molecule has 0 unspecified atom stereocenters. The summed E-state index contributed by atoms with van der Waals surface area (Å²) >= 11 is 0. The molecule has 0 amide bonds. The third-order valence-corrected chi connectivity index (χ3v) is 4.26. The molecule has 0 atom stereocenters. The van der Waals surface area contributed by atoms with Crippen LogP contribution in [-0.4, -0.2) is 9.13 Å². The predicted octanol–water partition coefficient (Wildman–Crippen LogP) is 5.25. The Bertz CT molecular complexity index is 1030.